The van der Waals surface area contributed by atoms with Crippen molar-refractivity contribution in [3.05, 3.63) is 65.7 Å². The minimum Gasteiger partial charge on any atom is -0.493 e. The Morgan fingerprint density at radius 2 is 1.76 bits per heavy atom. The number of rotatable bonds is 5. The molecule has 1 fully saturated rings. The number of aryl methyl sites for hydroxylation is 1. The van der Waals surface area contributed by atoms with Gasteiger partial charge in [-0.2, -0.15) is 0 Å². The highest BCUT2D eigenvalue weighted by molar-refractivity contribution is 5.83. The normalized spacial score (nSPS) is 16.5. The zero-order valence-corrected chi connectivity index (χ0v) is 14.7. The van der Waals surface area contributed by atoms with Gasteiger partial charge in [-0.05, 0) is 43.4 Å². The fourth-order valence-corrected chi connectivity index (χ4v) is 3.16. The molecular formula is C21H26N2O2. The number of ether oxygens (including phenoxy) is 1. The zero-order valence-electron chi connectivity index (χ0n) is 14.7. The smallest absolute Gasteiger partial charge is 0.244 e. The summed E-state index contributed by atoms with van der Waals surface area (Å²) in [5.74, 6) is 1.41. The van der Waals surface area contributed by atoms with Crippen LogP contribution in [-0.4, -0.2) is 30.5 Å². The van der Waals surface area contributed by atoms with Crippen molar-refractivity contribution in [3.63, 3.8) is 0 Å². The molecule has 2 aromatic carbocycles. The SMILES string of the molecule is Cc1ccc(C(N)C(=O)N2CCC(COc3ccccc3)CC2)cc1. The van der Waals surface area contributed by atoms with Crippen LogP contribution < -0.4 is 10.5 Å². The Bertz CT molecular complexity index is 677. The summed E-state index contributed by atoms with van der Waals surface area (Å²) in [6.07, 6.45) is 1.92. The third kappa shape index (κ3) is 4.60. The van der Waals surface area contributed by atoms with Crippen molar-refractivity contribution in [1.82, 2.24) is 4.90 Å². The Labute approximate surface area is 149 Å². The van der Waals surface area contributed by atoms with Gasteiger partial charge in [-0.15, -0.1) is 0 Å². The molecule has 0 radical (unpaired) electrons. The van der Waals surface area contributed by atoms with E-state index in [1.807, 2.05) is 66.4 Å². The molecule has 1 amide bonds. The summed E-state index contributed by atoms with van der Waals surface area (Å²) in [6.45, 7) is 4.23. The van der Waals surface area contributed by atoms with E-state index < -0.39 is 6.04 Å². The lowest BCUT2D eigenvalue weighted by atomic mass is 9.96. The van der Waals surface area contributed by atoms with Gasteiger partial charge in [0.25, 0.3) is 0 Å². The van der Waals surface area contributed by atoms with Gasteiger partial charge < -0.3 is 15.4 Å². The van der Waals surface area contributed by atoms with Crippen LogP contribution in [0.25, 0.3) is 0 Å². The van der Waals surface area contributed by atoms with Crippen molar-refractivity contribution in [3.8, 4) is 5.75 Å². The van der Waals surface area contributed by atoms with Crippen LogP contribution in [0, 0.1) is 12.8 Å². The van der Waals surface area contributed by atoms with E-state index in [2.05, 4.69) is 0 Å². The Morgan fingerprint density at radius 3 is 2.40 bits per heavy atom. The third-order valence-electron chi connectivity index (χ3n) is 4.86. The van der Waals surface area contributed by atoms with Crippen molar-refractivity contribution in [1.29, 1.82) is 0 Å². The summed E-state index contributed by atoms with van der Waals surface area (Å²) < 4.78 is 5.84. The first-order valence-electron chi connectivity index (χ1n) is 8.92. The molecule has 1 aliphatic rings. The average molecular weight is 338 g/mol. The van der Waals surface area contributed by atoms with Gasteiger partial charge in [-0.1, -0.05) is 48.0 Å². The van der Waals surface area contributed by atoms with Crippen molar-refractivity contribution in [2.75, 3.05) is 19.7 Å². The quantitative estimate of drug-likeness (QED) is 0.910. The number of benzene rings is 2. The van der Waals surface area contributed by atoms with Gasteiger partial charge in [-0.25, -0.2) is 0 Å². The lowest BCUT2D eigenvalue weighted by molar-refractivity contribution is -0.134. The topological polar surface area (TPSA) is 55.6 Å². The second-order valence-electron chi connectivity index (χ2n) is 6.78. The molecule has 2 aromatic rings. The highest BCUT2D eigenvalue weighted by atomic mass is 16.5. The molecule has 1 unspecified atom stereocenters. The lowest BCUT2D eigenvalue weighted by Crippen LogP contribution is -2.44. The maximum atomic E-state index is 12.6. The van der Waals surface area contributed by atoms with Crippen molar-refractivity contribution >= 4 is 5.91 Å². The number of amides is 1. The molecule has 0 saturated carbocycles. The number of likely N-dealkylation sites (tertiary alicyclic amines) is 1. The van der Waals surface area contributed by atoms with Crippen LogP contribution in [0.4, 0.5) is 0 Å². The van der Waals surface area contributed by atoms with E-state index in [4.69, 9.17) is 10.5 Å². The molecule has 4 heteroatoms. The predicted molar refractivity (Wildman–Crippen MR) is 99.3 cm³/mol. The second kappa shape index (κ2) is 8.17. The van der Waals surface area contributed by atoms with Crippen LogP contribution in [0.2, 0.25) is 0 Å². The van der Waals surface area contributed by atoms with Crippen molar-refractivity contribution in [2.45, 2.75) is 25.8 Å². The van der Waals surface area contributed by atoms with Gasteiger partial charge in [0.2, 0.25) is 5.91 Å². The van der Waals surface area contributed by atoms with E-state index in [-0.39, 0.29) is 5.91 Å². The summed E-state index contributed by atoms with van der Waals surface area (Å²) in [5, 5.41) is 0. The highest BCUT2D eigenvalue weighted by Gasteiger charge is 2.27. The van der Waals surface area contributed by atoms with Gasteiger partial charge in [-0.3, -0.25) is 4.79 Å². The zero-order chi connectivity index (χ0) is 17.6. The van der Waals surface area contributed by atoms with Crippen LogP contribution in [-0.2, 0) is 4.79 Å². The number of para-hydroxylation sites is 1. The number of carbonyl (C=O) groups excluding carboxylic acids is 1. The van der Waals surface area contributed by atoms with E-state index in [0.29, 0.717) is 12.5 Å². The van der Waals surface area contributed by atoms with E-state index >= 15 is 0 Å². The molecule has 132 valence electrons. The first kappa shape index (κ1) is 17.5. The van der Waals surface area contributed by atoms with Gasteiger partial charge >= 0.3 is 0 Å². The molecular weight excluding hydrogens is 312 g/mol. The summed E-state index contributed by atoms with van der Waals surface area (Å²) in [5.41, 5.74) is 8.22. The largest absolute Gasteiger partial charge is 0.493 e. The molecule has 1 saturated heterocycles. The van der Waals surface area contributed by atoms with Crippen molar-refractivity contribution in [2.24, 2.45) is 11.7 Å². The van der Waals surface area contributed by atoms with Crippen LogP contribution in [0.5, 0.6) is 5.75 Å². The second-order valence-corrected chi connectivity index (χ2v) is 6.78. The molecule has 0 spiro atoms. The molecule has 3 rings (SSSR count). The standard InChI is InChI=1S/C21H26N2O2/c1-16-7-9-18(10-8-16)20(22)21(24)23-13-11-17(12-14-23)15-25-19-5-3-2-4-6-19/h2-10,17,20H,11-15,22H2,1H3. The van der Waals surface area contributed by atoms with Gasteiger partial charge in [0, 0.05) is 13.1 Å². The summed E-state index contributed by atoms with van der Waals surface area (Å²) in [7, 11) is 0. The Kier molecular flexibility index (Phi) is 5.71. The van der Waals surface area contributed by atoms with E-state index in [1.165, 1.54) is 5.56 Å². The first-order chi connectivity index (χ1) is 12.1. The predicted octanol–water partition coefficient (Wildman–Crippen LogP) is 3.31. The summed E-state index contributed by atoms with van der Waals surface area (Å²) in [6, 6.07) is 17.2. The lowest BCUT2D eigenvalue weighted by Gasteiger charge is -2.33. The van der Waals surface area contributed by atoms with Crippen LogP contribution in [0.1, 0.15) is 30.0 Å². The molecule has 0 aliphatic carbocycles. The van der Waals surface area contributed by atoms with E-state index in [9.17, 15) is 4.79 Å². The number of nitrogens with zero attached hydrogens (tertiary/aromatic N) is 1. The summed E-state index contributed by atoms with van der Waals surface area (Å²) in [4.78, 5) is 14.5. The molecule has 1 aliphatic heterocycles. The Morgan fingerprint density at radius 1 is 1.12 bits per heavy atom. The fraction of sp³-hybridized carbons (Fsp3) is 0.381. The maximum Gasteiger partial charge on any atom is 0.244 e. The Balaban J connectivity index is 1.48. The van der Waals surface area contributed by atoms with Gasteiger partial charge in [0.1, 0.15) is 11.8 Å². The minimum atomic E-state index is -0.572. The minimum absolute atomic E-state index is 0.0197. The number of nitrogens with two attached hydrogens (primary N) is 1. The third-order valence-corrected chi connectivity index (χ3v) is 4.86. The molecule has 1 heterocycles. The van der Waals surface area contributed by atoms with E-state index in [1.54, 1.807) is 0 Å². The highest BCUT2D eigenvalue weighted by Crippen LogP contribution is 2.22. The molecule has 0 bridgehead atoms. The van der Waals surface area contributed by atoms with Crippen molar-refractivity contribution < 1.29 is 9.53 Å². The van der Waals surface area contributed by atoms with Gasteiger partial charge in [0.05, 0.1) is 6.61 Å². The fourth-order valence-electron chi connectivity index (χ4n) is 3.16. The molecule has 0 aromatic heterocycles. The molecule has 2 N–H and O–H groups in total. The number of carbonyl (C=O) groups is 1. The number of hydrogen-bond donors (Lipinski definition) is 1. The summed E-state index contributed by atoms with van der Waals surface area (Å²) >= 11 is 0. The molecule has 25 heavy (non-hydrogen) atoms. The molecule has 4 nitrogen and oxygen atoms in total. The van der Waals surface area contributed by atoms with Crippen LogP contribution in [0.3, 0.4) is 0 Å². The number of hydrogen-bond acceptors (Lipinski definition) is 3. The van der Waals surface area contributed by atoms with Gasteiger partial charge in [0.15, 0.2) is 0 Å². The van der Waals surface area contributed by atoms with Crippen LogP contribution >= 0.6 is 0 Å². The van der Waals surface area contributed by atoms with Crippen LogP contribution in [0.15, 0.2) is 54.6 Å². The first-order valence-corrected chi connectivity index (χ1v) is 8.92. The molecule has 1 atom stereocenters. The van der Waals surface area contributed by atoms with E-state index in [0.717, 1.165) is 37.2 Å². The number of piperidine rings is 1. The Hall–Kier alpha value is -2.33. The monoisotopic (exact) mass is 338 g/mol. The average Bonchev–Trinajstić information content (AvgIpc) is 2.67. The maximum absolute atomic E-state index is 12.6.